The number of methoxy groups -OCH3 is 2. The van der Waals surface area contributed by atoms with E-state index in [-0.39, 0.29) is 17.4 Å². The van der Waals surface area contributed by atoms with Crippen molar-refractivity contribution >= 4 is 20.7 Å². The molecule has 2 aliphatic heterocycles. The Kier molecular flexibility index (Phi) is 5.50. The van der Waals surface area contributed by atoms with Crippen LogP contribution in [0, 0.1) is 0 Å². The molecule has 0 bridgehead atoms. The number of piperazine rings is 1. The number of sulfone groups is 1. The van der Waals surface area contributed by atoms with Gasteiger partial charge in [-0.05, 0) is 12.5 Å². The molecule has 2 saturated heterocycles. The lowest BCUT2D eigenvalue weighted by molar-refractivity contribution is 0.0984. The fourth-order valence-electron chi connectivity index (χ4n) is 4.15. The molecule has 0 radical (unpaired) electrons. The number of fused-ring (bicyclic) bond motifs is 1. The number of benzene rings is 1. The average molecular weight is 423 g/mol. The molecule has 0 unspecified atom stereocenters. The van der Waals surface area contributed by atoms with Gasteiger partial charge in [-0.2, -0.15) is 0 Å². The zero-order valence-corrected chi connectivity index (χ0v) is 17.5. The third-order valence-electron chi connectivity index (χ3n) is 5.76. The van der Waals surface area contributed by atoms with Crippen molar-refractivity contribution in [2.45, 2.75) is 19.0 Å². The second kappa shape index (κ2) is 7.92. The van der Waals surface area contributed by atoms with Crippen LogP contribution >= 0.6 is 0 Å². The van der Waals surface area contributed by atoms with Gasteiger partial charge in [0.25, 0.3) is 5.56 Å². The van der Waals surface area contributed by atoms with E-state index in [1.807, 2.05) is 0 Å². The van der Waals surface area contributed by atoms with E-state index in [2.05, 4.69) is 19.8 Å². The molecule has 10 heteroatoms. The minimum Gasteiger partial charge on any atom is -0.493 e. The molecular formula is C19H26N4O5S. The first-order chi connectivity index (χ1) is 13.9. The van der Waals surface area contributed by atoms with Gasteiger partial charge in [-0.15, -0.1) is 0 Å². The highest BCUT2D eigenvalue weighted by Crippen LogP contribution is 2.30. The van der Waals surface area contributed by atoms with Crippen molar-refractivity contribution in [3.63, 3.8) is 0 Å². The van der Waals surface area contributed by atoms with Gasteiger partial charge in [-0.1, -0.05) is 0 Å². The van der Waals surface area contributed by atoms with Gasteiger partial charge in [0, 0.05) is 38.3 Å². The van der Waals surface area contributed by atoms with Crippen LogP contribution in [0.1, 0.15) is 12.2 Å². The number of rotatable bonds is 5. The third-order valence-corrected chi connectivity index (χ3v) is 7.52. The predicted octanol–water partition coefficient (Wildman–Crippen LogP) is 0.245. The zero-order valence-electron chi connectivity index (χ0n) is 16.7. The fourth-order valence-corrected chi connectivity index (χ4v) is 5.91. The molecule has 1 atom stereocenters. The van der Waals surface area contributed by atoms with E-state index in [4.69, 9.17) is 9.47 Å². The van der Waals surface area contributed by atoms with Gasteiger partial charge in [-0.25, -0.2) is 13.4 Å². The Hall–Kier alpha value is -2.17. The molecule has 4 rings (SSSR count). The van der Waals surface area contributed by atoms with Crippen LogP contribution in [0.4, 0.5) is 0 Å². The number of hydrogen-bond acceptors (Lipinski definition) is 8. The first-order valence-electron chi connectivity index (χ1n) is 9.70. The molecule has 0 aliphatic carbocycles. The van der Waals surface area contributed by atoms with E-state index in [0.29, 0.717) is 40.5 Å². The maximum absolute atomic E-state index is 12.5. The van der Waals surface area contributed by atoms with E-state index < -0.39 is 9.84 Å². The monoisotopic (exact) mass is 422 g/mol. The summed E-state index contributed by atoms with van der Waals surface area (Å²) >= 11 is 0. The number of H-pyrrole nitrogens is 1. The molecule has 1 N–H and O–H groups in total. The van der Waals surface area contributed by atoms with Gasteiger partial charge >= 0.3 is 0 Å². The van der Waals surface area contributed by atoms with Gasteiger partial charge in [0.2, 0.25) is 0 Å². The minimum atomic E-state index is -2.87. The van der Waals surface area contributed by atoms with Gasteiger partial charge in [-0.3, -0.25) is 14.6 Å². The van der Waals surface area contributed by atoms with Crippen molar-refractivity contribution in [3.05, 3.63) is 28.3 Å². The number of nitrogens with zero attached hydrogens (tertiary/aromatic N) is 3. The van der Waals surface area contributed by atoms with Crippen molar-refractivity contribution in [3.8, 4) is 11.5 Å². The van der Waals surface area contributed by atoms with Crippen LogP contribution in [0.2, 0.25) is 0 Å². The van der Waals surface area contributed by atoms with Gasteiger partial charge < -0.3 is 14.5 Å². The van der Waals surface area contributed by atoms with Crippen molar-refractivity contribution < 1.29 is 17.9 Å². The van der Waals surface area contributed by atoms with Gasteiger partial charge in [0.1, 0.15) is 5.82 Å². The molecular weight excluding hydrogens is 396 g/mol. The van der Waals surface area contributed by atoms with Gasteiger partial charge in [0.15, 0.2) is 21.3 Å². The molecule has 1 aromatic carbocycles. The summed E-state index contributed by atoms with van der Waals surface area (Å²) in [5, 5.41) is 0.457. The number of aromatic amines is 1. The summed E-state index contributed by atoms with van der Waals surface area (Å²) in [6.45, 7) is 3.80. The predicted molar refractivity (Wildman–Crippen MR) is 109 cm³/mol. The number of nitrogens with one attached hydrogen (secondary N) is 1. The normalized spacial score (nSPS) is 22.8. The molecule has 2 aromatic rings. The highest BCUT2D eigenvalue weighted by atomic mass is 32.2. The molecule has 2 fully saturated rings. The fraction of sp³-hybridized carbons (Fsp3) is 0.579. The Balaban J connectivity index is 1.45. The van der Waals surface area contributed by atoms with Crippen molar-refractivity contribution in [2.24, 2.45) is 0 Å². The van der Waals surface area contributed by atoms with Crippen LogP contribution in [-0.2, 0) is 16.4 Å². The summed E-state index contributed by atoms with van der Waals surface area (Å²) in [4.78, 5) is 24.5. The number of hydrogen-bond donors (Lipinski definition) is 1. The highest BCUT2D eigenvalue weighted by molar-refractivity contribution is 7.91. The first kappa shape index (κ1) is 20.1. The van der Waals surface area contributed by atoms with Crippen LogP contribution in [-0.4, -0.2) is 86.1 Å². The van der Waals surface area contributed by atoms with Crippen molar-refractivity contribution in [1.82, 2.24) is 19.8 Å². The largest absolute Gasteiger partial charge is 0.493 e. The Morgan fingerprint density at radius 2 is 1.83 bits per heavy atom. The van der Waals surface area contributed by atoms with E-state index in [0.717, 1.165) is 32.6 Å². The van der Waals surface area contributed by atoms with Crippen molar-refractivity contribution in [1.29, 1.82) is 0 Å². The second-order valence-electron chi connectivity index (χ2n) is 7.61. The Morgan fingerprint density at radius 1 is 1.14 bits per heavy atom. The minimum absolute atomic E-state index is 0.142. The van der Waals surface area contributed by atoms with E-state index in [1.165, 1.54) is 7.11 Å². The molecule has 29 heavy (non-hydrogen) atoms. The van der Waals surface area contributed by atoms with E-state index in [1.54, 1.807) is 19.2 Å². The Morgan fingerprint density at radius 3 is 2.45 bits per heavy atom. The van der Waals surface area contributed by atoms with Gasteiger partial charge in [0.05, 0.1) is 43.2 Å². The first-order valence-corrected chi connectivity index (χ1v) is 11.5. The molecule has 0 spiro atoms. The summed E-state index contributed by atoms with van der Waals surface area (Å²) in [6.07, 6.45) is 0.729. The van der Waals surface area contributed by atoms with E-state index >= 15 is 0 Å². The molecule has 9 nitrogen and oxygen atoms in total. The second-order valence-corrected chi connectivity index (χ2v) is 9.83. The maximum Gasteiger partial charge on any atom is 0.258 e. The third kappa shape index (κ3) is 4.24. The van der Waals surface area contributed by atoms with Crippen LogP contribution in [0.25, 0.3) is 10.9 Å². The van der Waals surface area contributed by atoms with Crippen LogP contribution in [0.5, 0.6) is 11.5 Å². The zero-order chi connectivity index (χ0) is 20.6. The summed E-state index contributed by atoms with van der Waals surface area (Å²) in [5.41, 5.74) is 0.358. The Bertz CT molecular complexity index is 1060. The number of ether oxygens (including phenoxy) is 2. The van der Waals surface area contributed by atoms with Crippen LogP contribution < -0.4 is 15.0 Å². The summed E-state index contributed by atoms with van der Waals surface area (Å²) in [7, 11) is 0.209. The molecule has 3 heterocycles. The average Bonchev–Trinajstić information content (AvgIpc) is 3.07. The summed E-state index contributed by atoms with van der Waals surface area (Å²) in [6, 6.07) is 3.49. The van der Waals surface area contributed by atoms with Crippen molar-refractivity contribution in [2.75, 3.05) is 51.9 Å². The maximum atomic E-state index is 12.5. The van der Waals surface area contributed by atoms with Crippen LogP contribution in [0.3, 0.4) is 0 Å². The molecule has 2 aliphatic rings. The molecule has 0 amide bonds. The van der Waals surface area contributed by atoms with E-state index in [9.17, 15) is 13.2 Å². The lowest BCUT2D eigenvalue weighted by Gasteiger charge is -2.37. The Labute approximate surface area is 169 Å². The lowest BCUT2D eigenvalue weighted by atomic mass is 10.2. The molecule has 158 valence electrons. The summed E-state index contributed by atoms with van der Waals surface area (Å²) in [5.74, 6) is 2.20. The molecule has 0 saturated carbocycles. The lowest BCUT2D eigenvalue weighted by Crippen LogP contribution is -2.50. The summed E-state index contributed by atoms with van der Waals surface area (Å²) < 4.78 is 34.0. The quantitative estimate of drug-likeness (QED) is 0.731. The highest BCUT2D eigenvalue weighted by Gasteiger charge is 2.33. The number of aromatic nitrogens is 2. The van der Waals surface area contributed by atoms with Crippen LogP contribution in [0.15, 0.2) is 16.9 Å². The topological polar surface area (TPSA) is 105 Å². The smallest absolute Gasteiger partial charge is 0.258 e. The standard InChI is InChI=1S/C19H26N4O5S/c1-27-16-9-14-15(10-17(16)28-2)20-18(21-19(14)24)11-22-4-6-23(7-5-22)13-3-8-29(25,26)12-13/h9-10,13H,3-8,11-12H2,1-2H3,(H,20,21,24)/t13-/m0/s1. The SMILES string of the molecule is COc1cc2nc(CN3CCN([C@H]4CCS(=O)(=O)C4)CC3)[nH]c(=O)c2cc1OC. The molecule has 1 aromatic heterocycles.